The van der Waals surface area contributed by atoms with E-state index in [9.17, 15) is 10.1 Å². The van der Waals surface area contributed by atoms with Gasteiger partial charge in [-0.1, -0.05) is 61.3 Å². The van der Waals surface area contributed by atoms with E-state index in [1.165, 1.54) is 5.92 Å². The molecule has 0 aromatic carbocycles. The molecule has 1 radical (unpaired) electrons. The van der Waals surface area contributed by atoms with Crippen LogP contribution in [0.25, 0.3) is 0 Å². The van der Waals surface area contributed by atoms with Gasteiger partial charge in [0.2, 0.25) is 6.04 Å². The predicted octanol–water partition coefficient (Wildman–Crippen LogP) is 5.53. The first kappa shape index (κ1) is 22.4. The van der Waals surface area contributed by atoms with Crippen molar-refractivity contribution in [3.05, 3.63) is 16.0 Å². The van der Waals surface area contributed by atoms with Crippen LogP contribution in [0.4, 0.5) is 0 Å². The van der Waals surface area contributed by atoms with Gasteiger partial charge in [-0.05, 0) is 37.0 Å². The summed E-state index contributed by atoms with van der Waals surface area (Å²) in [5, 5.41) is 11.8. The topological polar surface area (TPSA) is 52.4 Å². The molecule has 0 amide bonds. The van der Waals surface area contributed by atoms with Crippen molar-refractivity contribution in [1.29, 1.82) is 0 Å². The maximum Gasteiger partial charge on any atom is 0.243 e. The minimum absolute atomic E-state index is 0.112. The Balaban J connectivity index is 4.98. The normalized spacial score (nSPS) is 16.6. The Kier molecular flexibility index (Phi) is 9.99. The molecule has 0 aromatic rings. The molecular formula is C19H38NO3. The van der Waals surface area contributed by atoms with Crippen molar-refractivity contribution in [2.24, 2.45) is 17.3 Å². The third-order valence-corrected chi connectivity index (χ3v) is 4.68. The van der Waals surface area contributed by atoms with E-state index < -0.39 is 6.04 Å². The maximum absolute atomic E-state index is 11.8. The van der Waals surface area contributed by atoms with Crippen LogP contribution in [0.3, 0.4) is 0 Å². The second-order valence-corrected chi connectivity index (χ2v) is 8.53. The number of nitrogens with zero attached hydrogens (tertiary/aromatic N) is 1. The zero-order valence-corrected chi connectivity index (χ0v) is 16.5. The molecular weight excluding hydrogens is 290 g/mol. The molecule has 2 unspecified atom stereocenters. The van der Waals surface area contributed by atoms with Gasteiger partial charge < -0.3 is 4.74 Å². The number of hydrogen-bond acceptors (Lipinski definition) is 3. The summed E-state index contributed by atoms with van der Waals surface area (Å²) in [5.41, 5.74) is -0.357. The molecule has 0 saturated carbocycles. The highest BCUT2D eigenvalue weighted by atomic mass is 16.6. The first-order valence-electron chi connectivity index (χ1n) is 8.96. The van der Waals surface area contributed by atoms with Crippen LogP contribution >= 0.6 is 0 Å². The molecule has 0 N–H and O–H groups in total. The Morgan fingerprint density at radius 3 is 2.17 bits per heavy atom. The number of methoxy groups -OCH3 is 1. The van der Waals surface area contributed by atoms with Crippen molar-refractivity contribution in [1.82, 2.24) is 0 Å². The van der Waals surface area contributed by atoms with E-state index in [1.807, 2.05) is 13.8 Å². The van der Waals surface area contributed by atoms with Crippen molar-refractivity contribution in [2.45, 2.75) is 92.7 Å². The predicted molar refractivity (Wildman–Crippen MR) is 97.0 cm³/mol. The highest BCUT2D eigenvalue weighted by molar-refractivity contribution is 4.88. The number of rotatable bonds is 12. The fourth-order valence-electron chi connectivity index (χ4n) is 3.57. The molecule has 3 atom stereocenters. The zero-order chi connectivity index (χ0) is 18.2. The van der Waals surface area contributed by atoms with Crippen LogP contribution in [-0.4, -0.2) is 24.2 Å². The lowest BCUT2D eigenvalue weighted by Gasteiger charge is -2.34. The van der Waals surface area contributed by atoms with Crippen molar-refractivity contribution in [2.75, 3.05) is 7.11 Å². The molecule has 137 valence electrons. The second-order valence-electron chi connectivity index (χ2n) is 8.53. The molecule has 0 bridgehead atoms. The summed E-state index contributed by atoms with van der Waals surface area (Å²) in [7, 11) is 1.61. The number of ether oxygens (including phenoxy) is 1. The van der Waals surface area contributed by atoms with Crippen molar-refractivity contribution >= 4 is 0 Å². The van der Waals surface area contributed by atoms with E-state index in [2.05, 4.69) is 34.6 Å². The average molecular weight is 329 g/mol. The van der Waals surface area contributed by atoms with E-state index in [-0.39, 0.29) is 16.4 Å². The van der Waals surface area contributed by atoms with Crippen LogP contribution in [0.15, 0.2) is 0 Å². The average Bonchev–Trinajstić information content (AvgIpc) is 2.35. The smallest absolute Gasteiger partial charge is 0.243 e. The van der Waals surface area contributed by atoms with Gasteiger partial charge in [-0.2, -0.15) is 0 Å². The third kappa shape index (κ3) is 8.69. The Labute approximate surface area is 143 Å². The van der Waals surface area contributed by atoms with Crippen molar-refractivity contribution in [3.8, 4) is 0 Å². The standard InChI is InChI=1S/C19H38NO3/c1-14(2)10-9-11-19(6,7)18(20(21)22)17(23-8)13-16(5)12-15(3)4/h14,16-18H,9-13H2,1-8H3/t16-,17?,18?/m1/s1. The first-order chi connectivity index (χ1) is 10.5. The summed E-state index contributed by atoms with van der Waals surface area (Å²) in [6, 6.07) is -0.653. The number of hydrogen-bond donors (Lipinski definition) is 0. The zero-order valence-electron chi connectivity index (χ0n) is 16.5. The largest absolute Gasteiger partial charge is 0.374 e. The van der Waals surface area contributed by atoms with Crippen LogP contribution < -0.4 is 0 Å². The molecule has 0 aliphatic heterocycles. The van der Waals surface area contributed by atoms with Crippen molar-refractivity contribution in [3.63, 3.8) is 0 Å². The number of nitro groups is 1. The van der Waals surface area contributed by atoms with Crippen LogP contribution in [-0.2, 0) is 4.74 Å². The minimum atomic E-state index is -0.653. The van der Waals surface area contributed by atoms with Gasteiger partial charge in [0, 0.05) is 17.4 Å². The van der Waals surface area contributed by atoms with Gasteiger partial charge in [-0.3, -0.25) is 10.1 Å². The van der Waals surface area contributed by atoms with Crippen LogP contribution in [0.5, 0.6) is 0 Å². The van der Waals surface area contributed by atoms with Crippen molar-refractivity contribution < 1.29 is 9.66 Å². The Bertz CT molecular complexity index is 340. The van der Waals surface area contributed by atoms with Gasteiger partial charge in [0.1, 0.15) is 6.10 Å². The molecule has 4 nitrogen and oxygen atoms in total. The molecule has 0 rings (SSSR count). The molecule has 0 aliphatic rings. The van der Waals surface area contributed by atoms with Gasteiger partial charge in [-0.25, -0.2) is 0 Å². The van der Waals surface area contributed by atoms with Crippen LogP contribution in [0.2, 0.25) is 0 Å². The fourth-order valence-corrected chi connectivity index (χ4v) is 3.57. The lowest BCUT2D eigenvalue weighted by molar-refractivity contribution is -0.554. The van der Waals surface area contributed by atoms with E-state index in [0.717, 1.165) is 32.1 Å². The Hall–Kier alpha value is -0.640. The molecule has 0 aromatic heterocycles. The summed E-state index contributed by atoms with van der Waals surface area (Å²) in [6.07, 6.45) is 4.42. The SMILES string of the molecule is COC(C[C@H](C)C[C](C)C)C([N+](=O)[O-])C(C)(C)CCCC(C)C. The molecule has 0 saturated heterocycles. The highest BCUT2D eigenvalue weighted by Crippen LogP contribution is 2.35. The lowest BCUT2D eigenvalue weighted by atomic mass is 9.75. The summed E-state index contributed by atoms with van der Waals surface area (Å²) >= 11 is 0. The van der Waals surface area contributed by atoms with E-state index in [0.29, 0.717) is 11.8 Å². The fraction of sp³-hybridized carbons (Fsp3) is 0.947. The Morgan fingerprint density at radius 2 is 1.78 bits per heavy atom. The monoisotopic (exact) mass is 328 g/mol. The van der Waals surface area contributed by atoms with Gasteiger partial charge in [0.25, 0.3) is 0 Å². The van der Waals surface area contributed by atoms with E-state index in [1.54, 1.807) is 7.11 Å². The molecule has 0 fully saturated rings. The summed E-state index contributed by atoms with van der Waals surface area (Å²) in [6.45, 7) is 14.8. The molecule has 23 heavy (non-hydrogen) atoms. The summed E-state index contributed by atoms with van der Waals surface area (Å²) < 4.78 is 5.59. The highest BCUT2D eigenvalue weighted by Gasteiger charge is 2.45. The first-order valence-corrected chi connectivity index (χ1v) is 8.96. The quantitative estimate of drug-likeness (QED) is 0.349. The summed E-state index contributed by atoms with van der Waals surface area (Å²) in [5.74, 6) is 2.40. The van der Waals surface area contributed by atoms with Gasteiger partial charge >= 0.3 is 0 Å². The van der Waals surface area contributed by atoms with Crippen LogP contribution in [0.1, 0.15) is 80.6 Å². The van der Waals surface area contributed by atoms with Gasteiger partial charge in [-0.15, -0.1) is 0 Å². The molecule has 0 aliphatic carbocycles. The molecule has 4 heteroatoms. The van der Waals surface area contributed by atoms with E-state index >= 15 is 0 Å². The van der Waals surface area contributed by atoms with Crippen LogP contribution in [0, 0.1) is 33.3 Å². The maximum atomic E-state index is 11.8. The molecule has 0 spiro atoms. The van der Waals surface area contributed by atoms with Gasteiger partial charge in [0.05, 0.1) is 0 Å². The second kappa shape index (κ2) is 10.3. The Morgan fingerprint density at radius 1 is 1.22 bits per heavy atom. The van der Waals surface area contributed by atoms with Gasteiger partial charge in [0.15, 0.2) is 0 Å². The summed E-state index contributed by atoms with van der Waals surface area (Å²) in [4.78, 5) is 11.7. The molecule has 0 heterocycles. The third-order valence-electron chi connectivity index (χ3n) is 4.68. The van der Waals surface area contributed by atoms with E-state index in [4.69, 9.17) is 4.74 Å². The lowest BCUT2D eigenvalue weighted by Crippen LogP contribution is -2.47. The minimum Gasteiger partial charge on any atom is -0.374 e.